The first kappa shape index (κ1) is 12.7. The van der Waals surface area contributed by atoms with Gasteiger partial charge in [0.25, 0.3) is 0 Å². The molecule has 0 aliphatic heterocycles. The van der Waals surface area contributed by atoms with Gasteiger partial charge in [-0.1, -0.05) is 0 Å². The fourth-order valence-corrected chi connectivity index (χ4v) is 1.67. The molecule has 0 atom stereocenters. The number of aryl methyl sites for hydroxylation is 1. The lowest BCUT2D eigenvalue weighted by Crippen LogP contribution is -2.09. The monoisotopic (exact) mass is 271 g/mol. The fourth-order valence-electron chi connectivity index (χ4n) is 1.46. The number of halogens is 3. The van der Waals surface area contributed by atoms with Crippen LogP contribution < -0.4 is 0 Å². The van der Waals surface area contributed by atoms with Gasteiger partial charge in [0.05, 0.1) is 5.69 Å². The van der Waals surface area contributed by atoms with Gasteiger partial charge in [0.15, 0.2) is 4.77 Å². The maximum absolute atomic E-state index is 12.6. The van der Waals surface area contributed by atoms with Crippen molar-refractivity contribution in [1.82, 2.24) is 15.0 Å². The molecule has 0 aliphatic carbocycles. The van der Waals surface area contributed by atoms with Gasteiger partial charge >= 0.3 is 6.18 Å². The molecular weight excluding hydrogens is 263 g/mol. The normalized spacial score (nSPS) is 11.6. The van der Waals surface area contributed by atoms with Gasteiger partial charge in [-0.2, -0.15) is 13.2 Å². The van der Waals surface area contributed by atoms with Gasteiger partial charge in [0.1, 0.15) is 5.69 Å². The first-order chi connectivity index (χ1) is 8.36. The summed E-state index contributed by atoms with van der Waals surface area (Å²) in [6.07, 6.45) is -2.97. The maximum Gasteiger partial charge on any atom is 0.431 e. The van der Waals surface area contributed by atoms with Crippen LogP contribution in [0, 0.1) is 11.7 Å². The lowest BCUT2D eigenvalue weighted by molar-refractivity contribution is -0.141. The summed E-state index contributed by atoms with van der Waals surface area (Å²) < 4.78 is 37.7. The van der Waals surface area contributed by atoms with Crippen molar-refractivity contribution in [3.63, 3.8) is 0 Å². The summed E-state index contributed by atoms with van der Waals surface area (Å²) in [5, 5.41) is 0. The van der Waals surface area contributed by atoms with Crippen LogP contribution in [0.25, 0.3) is 11.3 Å². The third kappa shape index (κ3) is 2.73. The number of nitrogens with zero attached hydrogens (tertiary/aromatic N) is 2. The number of nitrogens with one attached hydrogen (secondary N) is 1. The van der Waals surface area contributed by atoms with E-state index in [2.05, 4.69) is 9.97 Å². The Morgan fingerprint density at radius 2 is 2.00 bits per heavy atom. The summed E-state index contributed by atoms with van der Waals surface area (Å²) in [7, 11) is 0. The van der Waals surface area contributed by atoms with Crippen molar-refractivity contribution in [1.29, 1.82) is 0 Å². The largest absolute Gasteiger partial charge is 0.431 e. The van der Waals surface area contributed by atoms with E-state index in [4.69, 9.17) is 12.2 Å². The van der Waals surface area contributed by atoms with Crippen molar-refractivity contribution >= 4 is 12.2 Å². The molecular formula is C11H8F3N3S. The molecule has 0 amide bonds. The summed E-state index contributed by atoms with van der Waals surface area (Å²) in [4.78, 5) is 9.90. The molecule has 0 saturated carbocycles. The Morgan fingerprint density at radius 3 is 2.61 bits per heavy atom. The molecule has 94 valence electrons. The zero-order chi connectivity index (χ0) is 13.3. The van der Waals surface area contributed by atoms with Crippen molar-refractivity contribution < 1.29 is 13.2 Å². The number of pyridine rings is 1. The van der Waals surface area contributed by atoms with Crippen LogP contribution in [0.3, 0.4) is 0 Å². The van der Waals surface area contributed by atoms with E-state index in [1.807, 2.05) is 4.98 Å². The highest BCUT2D eigenvalue weighted by Crippen LogP contribution is 2.29. The van der Waals surface area contributed by atoms with E-state index < -0.39 is 11.9 Å². The van der Waals surface area contributed by atoms with Crippen LogP contribution in [0.2, 0.25) is 0 Å². The summed E-state index contributed by atoms with van der Waals surface area (Å²) in [6.45, 7) is 1.75. The molecule has 0 aromatic carbocycles. The van der Waals surface area contributed by atoms with Crippen LogP contribution in [0.15, 0.2) is 24.4 Å². The first-order valence-corrected chi connectivity index (χ1v) is 5.39. The molecule has 0 spiro atoms. The average Bonchev–Trinajstić information content (AvgIpc) is 2.27. The van der Waals surface area contributed by atoms with Crippen molar-refractivity contribution in [2.24, 2.45) is 0 Å². The molecule has 0 fully saturated rings. The van der Waals surface area contributed by atoms with Gasteiger partial charge in [0, 0.05) is 17.5 Å². The second-order valence-corrected chi connectivity index (χ2v) is 4.06. The zero-order valence-electron chi connectivity index (χ0n) is 9.25. The summed E-state index contributed by atoms with van der Waals surface area (Å²) in [5.41, 5.74) is 0.512. The molecule has 0 bridgehead atoms. The van der Waals surface area contributed by atoms with Gasteiger partial charge in [-0.25, -0.2) is 4.98 Å². The second kappa shape index (κ2) is 4.49. The SMILES string of the molecule is Cc1cc(-c2cc(C(F)(F)F)[nH]c(=S)n2)ccn1. The number of aromatic nitrogens is 3. The highest BCUT2D eigenvalue weighted by atomic mass is 32.1. The summed E-state index contributed by atoms with van der Waals surface area (Å²) in [5.74, 6) is 0. The van der Waals surface area contributed by atoms with Gasteiger partial charge in [-0.3, -0.25) is 4.98 Å². The van der Waals surface area contributed by atoms with E-state index in [1.54, 1.807) is 19.1 Å². The van der Waals surface area contributed by atoms with E-state index in [-0.39, 0.29) is 10.5 Å². The molecule has 18 heavy (non-hydrogen) atoms. The topological polar surface area (TPSA) is 41.6 Å². The molecule has 2 aromatic heterocycles. The van der Waals surface area contributed by atoms with Crippen LogP contribution in [0.5, 0.6) is 0 Å². The van der Waals surface area contributed by atoms with Crippen LogP contribution in [-0.2, 0) is 6.18 Å². The molecule has 0 radical (unpaired) electrons. The minimum atomic E-state index is -4.48. The second-order valence-electron chi connectivity index (χ2n) is 3.67. The number of aromatic amines is 1. The molecule has 0 unspecified atom stereocenters. The molecule has 3 nitrogen and oxygen atoms in total. The molecule has 2 rings (SSSR count). The Balaban J connectivity index is 2.59. The molecule has 0 aliphatic rings. The van der Waals surface area contributed by atoms with Crippen molar-refractivity contribution in [3.05, 3.63) is 40.6 Å². The Hall–Kier alpha value is -1.76. The van der Waals surface area contributed by atoms with Crippen LogP contribution >= 0.6 is 12.2 Å². The van der Waals surface area contributed by atoms with Crippen LogP contribution in [-0.4, -0.2) is 15.0 Å². The smallest absolute Gasteiger partial charge is 0.327 e. The Labute approximate surface area is 106 Å². The van der Waals surface area contributed by atoms with Gasteiger partial charge < -0.3 is 4.98 Å². The molecule has 1 N–H and O–H groups in total. The summed E-state index contributed by atoms with van der Waals surface area (Å²) >= 11 is 4.71. The standard InChI is InChI=1S/C11H8F3N3S/c1-6-4-7(2-3-15-6)8-5-9(11(12,13)14)17-10(18)16-8/h2-5H,1H3,(H,16,17,18). The van der Waals surface area contributed by atoms with E-state index in [9.17, 15) is 13.2 Å². The van der Waals surface area contributed by atoms with E-state index in [0.29, 0.717) is 11.3 Å². The van der Waals surface area contributed by atoms with E-state index in [0.717, 1.165) is 6.07 Å². The van der Waals surface area contributed by atoms with Crippen LogP contribution in [0.4, 0.5) is 13.2 Å². The van der Waals surface area contributed by atoms with Crippen molar-refractivity contribution in [3.8, 4) is 11.3 Å². The minimum Gasteiger partial charge on any atom is -0.327 e. The van der Waals surface area contributed by atoms with Crippen molar-refractivity contribution in [2.45, 2.75) is 13.1 Å². The molecule has 2 aromatic rings. The van der Waals surface area contributed by atoms with Crippen molar-refractivity contribution in [2.75, 3.05) is 0 Å². The predicted octanol–water partition coefficient (Wildman–Crippen LogP) is 3.53. The Bertz CT molecular complexity index is 634. The minimum absolute atomic E-state index is 0.177. The summed E-state index contributed by atoms with van der Waals surface area (Å²) in [6, 6.07) is 4.17. The molecule has 2 heterocycles. The molecule has 0 saturated heterocycles. The lowest BCUT2D eigenvalue weighted by Gasteiger charge is -2.08. The Morgan fingerprint density at radius 1 is 1.28 bits per heavy atom. The quantitative estimate of drug-likeness (QED) is 0.807. The fraction of sp³-hybridized carbons (Fsp3) is 0.182. The number of H-pyrrole nitrogens is 1. The molecule has 7 heteroatoms. The highest BCUT2D eigenvalue weighted by Gasteiger charge is 2.32. The predicted molar refractivity (Wildman–Crippen MR) is 62.4 cm³/mol. The number of hydrogen-bond acceptors (Lipinski definition) is 3. The highest BCUT2D eigenvalue weighted by molar-refractivity contribution is 7.71. The number of alkyl halides is 3. The Kier molecular flexibility index (Phi) is 3.16. The third-order valence-electron chi connectivity index (χ3n) is 2.24. The van der Waals surface area contributed by atoms with E-state index in [1.165, 1.54) is 6.20 Å². The maximum atomic E-state index is 12.6. The average molecular weight is 271 g/mol. The number of rotatable bonds is 1. The lowest BCUT2D eigenvalue weighted by atomic mass is 10.1. The zero-order valence-corrected chi connectivity index (χ0v) is 10.1. The van der Waals surface area contributed by atoms with Gasteiger partial charge in [-0.05, 0) is 37.3 Å². The van der Waals surface area contributed by atoms with Gasteiger partial charge in [0.2, 0.25) is 0 Å². The van der Waals surface area contributed by atoms with Gasteiger partial charge in [-0.15, -0.1) is 0 Å². The first-order valence-electron chi connectivity index (χ1n) is 4.98. The number of hydrogen-bond donors (Lipinski definition) is 1. The third-order valence-corrected chi connectivity index (χ3v) is 2.44. The van der Waals surface area contributed by atoms with E-state index >= 15 is 0 Å². The van der Waals surface area contributed by atoms with Crippen LogP contribution in [0.1, 0.15) is 11.4 Å².